The van der Waals surface area contributed by atoms with E-state index in [1.807, 2.05) is 35.9 Å². The summed E-state index contributed by atoms with van der Waals surface area (Å²) < 4.78 is 32.6. The third-order valence-corrected chi connectivity index (χ3v) is 6.55. The summed E-state index contributed by atoms with van der Waals surface area (Å²) in [5, 5.41) is 4.05. The SMILES string of the molecule is CCNc1nccc(-c2c(-c3ccc(F)cc3)nc3n2C(Cn2ccc4cccc(F)c42)CC3)n1. The number of aryl methyl sites for hydroxylation is 1. The van der Waals surface area contributed by atoms with Gasteiger partial charge in [0, 0.05) is 42.9 Å². The van der Waals surface area contributed by atoms with Crippen molar-refractivity contribution in [2.75, 3.05) is 11.9 Å². The van der Waals surface area contributed by atoms with Crippen molar-refractivity contribution in [3.8, 4) is 22.6 Å². The lowest BCUT2D eigenvalue weighted by Gasteiger charge is -2.19. The lowest BCUT2D eigenvalue weighted by molar-refractivity contribution is 0.456. The summed E-state index contributed by atoms with van der Waals surface area (Å²) >= 11 is 0. The zero-order valence-corrected chi connectivity index (χ0v) is 19.2. The van der Waals surface area contributed by atoms with Crippen LogP contribution in [0.5, 0.6) is 0 Å². The molecule has 1 atom stereocenters. The Balaban J connectivity index is 1.49. The van der Waals surface area contributed by atoms with Gasteiger partial charge in [0.05, 0.1) is 28.6 Å². The average Bonchev–Trinajstić information content (AvgIpc) is 3.55. The first-order valence-electron chi connectivity index (χ1n) is 11.8. The Bertz CT molecular complexity index is 1520. The van der Waals surface area contributed by atoms with E-state index in [2.05, 4.69) is 14.9 Å². The number of nitrogens with zero attached hydrogens (tertiary/aromatic N) is 5. The number of rotatable bonds is 6. The number of para-hydroxylation sites is 1. The number of fused-ring (bicyclic) bond motifs is 2. The standard InChI is InChI=1S/C27H24F2N6/c1-2-30-27-31-14-12-22(32-27)26-24(17-6-8-19(28)9-7-17)33-23-11-10-20(35(23)26)16-34-15-13-18-4-3-5-21(29)25(18)34/h3-9,12-15,20H,2,10-11,16H2,1H3,(H,30,31,32). The number of benzene rings is 2. The van der Waals surface area contributed by atoms with Crippen LogP contribution in [0.25, 0.3) is 33.5 Å². The Kier molecular flexibility index (Phi) is 5.28. The summed E-state index contributed by atoms with van der Waals surface area (Å²) in [6.45, 7) is 3.30. The maximum absolute atomic E-state index is 14.7. The Labute approximate surface area is 201 Å². The fourth-order valence-electron chi connectivity index (χ4n) is 5.03. The van der Waals surface area contributed by atoms with Gasteiger partial charge < -0.3 is 14.5 Å². The Morgan fingerprint density at radius 2 is 1.89 bits per heavy atom. The molecule has 2 aromatic carbocycles. The molecule has 8 heteroatoms. The third kappa shape index (κ3) is 3.75. The molecule has 1 unspecified atom stereocenters. The molecule has 0 saturated carbocycles. The van der Waals surface area contributed by atoms with E-state index in [0.29, 0.717) is 24.6 Å². The number of hydrogen-bond donors (Lipinski definition) is 1. The van der Waals surface area contributed by atoms with Crippen LogP contribution in [0.15, 0.2) is 67.0 Å². The molecule has 1 aliphatic rings. The molecule has 0 bridgehead atoms. The second kappa shape index (κ2) is 8.61. The lowest BCUT2D eigenvalue weighted by Crippen LogP contribution is -2.14. The molecule has 0 radical (unpaired) electrons. The summed E-state index contributed by atoms with van der Waals surface area (Å²) in [4.78, 5) is 14.1. The molecule has 0 amide bonds. The molecule has 1 N–H and O–H groups in total. The van der Waals surface area contributed by atoms with Crippen molar-refractivity contribution in [2.45, 2.75) is 32.4 Å². The molecule has 1 aliphatic heterocycles. The van der Waals surface area contributed by atoms with E-state index in [1.54, 1.807) is 24.4 Å². The smallest absolute Gasteiger partial charge is 0.223 e. The van der Waals surface area contributed by atoms with Crippen molar-refractivity contribution in [2.24, 2.45) is 0 Å². The van der Waals surface area contributed by atoms with E-state index < -0.39 is 0 Å². The van der Waals surface area contributed by atoms with E-state index in [1.165, 1.54) is 18.2 Å². The summed E-state index contributed by atoms with van der Waals surface area (Å²) in [6, 6.07) is 15.4. The van der Waals surface area contributed by atoms with Crippen LogP contribution in [-0.2, 0) is 13.0 Å². The van der Waals surface area contributed by atoms with Gasteiger partial charge in [-0.1, -0.05) is 12.1 Å². The highest BCUT2D eigenvalue weighted by Crippen LogP contribution is 2.40. The number of nitrogens with one attached hydrogen (secondary N) is 1. The monoisotopic (exact) mass is 470 g/mol. The molecule has 35 heavy (non-hydrogen) atoms. The number of aromatic nitrogens is 5. The van der Waals surface area contributed by atoms with Crippen molar-refractivity contribution in [1.29, 1.82) is 0 Å². The van der Waals surface area contributed by atoms with E-state index >= 15 is 0 Å². The van der Waals surface area contributed by atoms with Crippen LogP contribution >= 0.6 is 0 Å². The molecule has 0 fully saturated rings. The fraction of sp³-hybridized carbons (Fsp3) is 0.222. The van der Waals surface area contributed by atoms with Gasteiger partial charge in [0.1, 0.15) is 17.5 Å². The molecule has 4 heterocycles. The van der Waals surface area contributed by atoms with Crippen molar-refractivity contribution < 1.29 is 8.78 Å². The Morgan fingerprint density at radius 3 is 2.71 bits per heavy atom. The highest BCUT2D eigenvalue weighted by molar-refractivity contribution is 5.81. The van der Waals surface area contributed by atoms with Gasteiger partial charge >= 0.3 is 0 Å². The van der Waals surface area contributed by atoms with Crippen LogP contribution in [0.4, 0.5) is 14.7 Å². The zero-order valence-electron chi connectivity index (χ0n) is 19.2. The van der Waals surface area contributed by atoms with Crippen LogP contribution in [0, 0.1) is 11.6 Å². The number of hydrogen-bond acceptors (Lipinski definition) is 4. The molecule has 0 aliphatic carbocycles. The Hall–Kier alpha value is -4.07. The molecule has 0 spiro atoms. The van der Waals surface area contributed by atoms with Crippen LogP contribution in [0.1, 0.15) is 25.2 Å². The quantitative estimate of drug-likeness (QED) is 0.338. The average molecular weight is 471 g/mol. The van der Waals surface area contributed by atoms with E-state index in [9.17, 15) is 8.78 Å². The van der Waals surface area contributed by atoms with Crippen molar-refractivity contribution in [3.63, 3.8) is 0 Å². The maximum Gasteiger partial charge on any atom is 0.223 e. The lowest BCUT2D eigenvalue weighted by atomic mass is 10.1. The minimum Gasteiger partial charge on any atom is -0.354 e. The van der Waals surface area contributed by atoms with Gasteiger partial charge in [-0.25, -0.2) is 23.7 Å². The minimum absolute atomic E-state index is 0.0643. The van der Waals surface area contributed by atoms with Gasteiger partial charge in [-0.2, -0.15) is 0 Å². The van der Waals surface area contributed by atoms with E-state index in [4.69, 9.17) is 9.97 Å². The van der Waals surface area contributed by atoms with Crippen LogP contribution in [0.3, 0.4) is 0 Å². The second-order valence-corrected chi connectivity index (χ2v) is 8.74. The van der Waals surface area contributed by atoms with Crippen LogP contribution < -0.4 is 5.32 Å². The predicted molar refractivity (Wildman–Crippen MR) is 132 cm³/mol. The van der Waals surface area contributed by atoms with Gasteiger partial charge in [0.15, 0.2) is 0 Å². The topological polar surface area (TPSA) is 60.6 Å². The molecular weight excluding hydrogens is 446 g/mol. The number of anilines is 1. The number of imidazole rings is 1. The minimum atomic E-state index is -0.294. The van der Waals surface area contributed by atoms with Gasteiger partial charge in [0.2, 0.25) is 5.95 Å². The highest BCUT2D eigenvalue weighted by Gasteiger charge is 2.31. The normalized spacial score (nSPS) is 15.0. The zero-order chi connectivity index (χ0) is 23.9. The predicted octanol–water partition coefficient (Wildman–Crippen LogP) is 5.86. The molecule has 6 rings (SSSR count). The van der Waals surface area contributed by atoms with Gasteiger partial charge in [-0.15, -0.1) is 0 Å². The highest BCUT2D eigenvalue weighted by atomic mass is 19.1. The first-order chi connectivity index (χ1) is 17.1. The summed E-state index contributed by atoms with van der Waals surface area (Å²) in [5.41, 5.74) is 3.80. The van der Waals surface area contributed by atoms with E-state index in [-0.39, 0.29) is 17.7 Å². The second-order valence-electron chi connectivity index (χ2n) is 8.74. The molecular formula is C27H24F2N6. The fourth-order valence-corrected chi connectivity index (χ4v) is 5.03. The molecule has 0 saturated heterocycles. The summed E-state index contributed by atoms with van der Waals surface area (Å²) in [5.74, 6) is 0.969. The first kappa shape index (κ1) is 21.5. The van der Waals surface area contributed by atoms with Gasteiger partial charge in [0.25, 0.3) is 0 Å². The molecule has 6 nitrogen and oxygen atoms in total. The van der Waals surface area contributed by atoms with Crippen molar-refractivity contribution in [3.05, 3.63) is 84.4 Å². The molecule has 3 aromatic heterocycles. The van der Waals surface area contributed by atoms with Gasteiger partial charge in [-0.3, -0.25) is 0 Å². The van der Waals surface area contributed by atoms with Crippen molar-refractivity contribution >= 4 is 16.9 Å². The third-order valence-electron chi connectivity index (χ3n) is 6.55. The van der Waals surface area contributed by atoms with E-state index in [0.717, 1.165) is 46.7 Å². The van der Waals surface area contributed by atoms with Gasteiger partial charge in [-0.05, 0) is 55.8 Å². The summed E-state index contributed by atoms with van der Waals surface area (Å²) in [6.07, 6.45) is 5.36. The Morgan fingerprint density at radius 1 is 1.03 bits per heavy atom. The van der Waals surface area contributed by atoms with Crippen LogP contribution in [0.2, 0.25) is 0 Å². The number of halogens is 2. The molecule has 5 aromatic rings. The van der Waals surface area contributed by atoms with Crippen LogP contribution in [-0.4, -0.2) is 30.6 Å². The maximum atomic E-state index is 14.7. The summed E-state index contributed by atoms with van der Waals surface area (Å²) in [7, 11) is 0. The largest absolute Gasteiger partial charge is 0.354 e. The first-order valence-corrected chi connectivity index (χ1v) is 11.8. The molecule has 176 valence electrons. The van der Waals surface area contributed by atoms with Crippen molar-refractivity contribution in [1.82, 2.24) is 24.1 Å².